The van der Waals surface area contributed by atoms with E-state index in [1.165, 1.54) is 5.56 Å². The quantitative estimate of drug-likeness (QED) is 0.907. The van der Waals surface area contributed by atoms with Crippen LogP contribution in [0, 0.1) is 12.3 Å². The topological polar surface area (TPSA) is 46.3 Å². The van der Waals surface area contributed by atoms with Gasteiger partial charge in [0.2, 0.25) is 5.91 Å². The van der Waals surface area contributed by atoms with Crippen LogP contribution in [0.25, 0.3) is 0 Å². The summed E-state index contributed by atoms with van der Waals surface area (Å²) in [5, 5.41) is 0. The fourth-order valence-corrected chi connectivity index (χ4v) is 3.04. The van der Waals surface area contributed by atoms with Gasteiger partial charge in [-0.25, -0.2) is 0 Å². The van der Waals surface area contributed by atoms with Crippen LogP contribution in [-0.4, -0.2) is 29.9 Å². The summed E-state index contributed by atoms with van der Waals surface area (Å²) >= 11 is 0. The van der Waals surface area contributed by atoms with Crippen molar-refractivity contribution in [3.05, 3.63) is 35.4 Å². The monoisotopic (exact) mass is 324 g/mol. The molecule has 0 spiro atoms. The van der Waals surface area contributed by atoms with Crippen LogP contribution in [0.3, 0.4) is 0 Å². The Morgan fingerprint density at radius 3 is 2.32 bits per heavy atom. The number of aryl methyl sites for hydroxylation is 1. The molecule has 1 saturated heterocycles. The van der Waals surface area contributed by atoms with Crippen LogP contribution in [0.1, 0.15) is 45.2 Å². The summed E-state index contributed by atoms with van der Waals surface area (Å²) < 4.78 is 0. The summed E-state index contributed by atoms with van der Waals surface area (Å²) in [6, 6.07) is 8.44. The zero-order chi connectivity index (χ0) is 15.8. The van der Waals surface area contributed by atoms with Gasteiger partial charge in [-0.15, -0.1) is 12.4 Å². The Balaban J connectivity index is 0.00000242. The summed E-state index contributed by atoms with van der Waals surface area (Å²) in [5.41, 5.74) is 7.95. The number of benzene rings is 1. The maximum Gasteiger partial charge on any atom is 0.232 e. The molecule has 2 N–H and O–H groups in total. The molecule has 4 heteroatoms. The number of carbonyl (C=O) groups is 1. The molecule has 1 aromatic carbocycles. The number of halogens is 1. The zero-order valence-corrected chi connectivity index (χ0v) is 15.2. The van der Waals surface area contributed by atoms with Crippen LogP contribution in [0.5, 0.6) is 0 Å². The zero-order valence-electron chi connectivity index (χ0n) is 14.3. The van der Waals surface area contributed by atoms with Crippen molar-refractivity contribution in [2.75, 3.05) is 13.1 Å². The number of nitrogens with zero attached hydrogens (tertiary/aromatic N) is 1. The van der Waals surface area contributed by atoms with E-state index in [2.05, 4.69) is 45.0 Å². The molecule has 1 fully saturated rings. The standard InChI is InChI=1S/C18H28N2O.ClH/c1-13-6-8-14(9-7-13)18(4,5)16(21)20-11-10-15(19)17(2,3)12-20;/h6-9,15H,10-12,19H2,1-5H3;1H. The third-order valence-corrected chi connectivity index (χ3v) is 4.91. The summed E-state index contributed by atoms with van der Waals surface area (Å²) in [7, 11) is 0. The fourth-order valence-electron chi connectivity index (χ4n) is 3.04. The molecule has 1 aliphatic heterocycles. The van der Waals surface area contributed by atoms with Gasteiger partial charge in [-0.1, -0.05) is 43.7 Å². The molecule has 1 unspecified atom stereocenters. The van der Waals surface area contributed by atoms with Gasteiger partial charge in [0.25, 0.3) is 0 Å². The third kappa shape index (κ3) is 3.64. The van der Waals surface area contributed by atoms with Crippen LogP contribution in [-0.2, 0) is 10.2 Å². The number of hydrogen-bond donors (Lipinski definition) is 1. The highest BCUT2D eigenvalue weighted by molar-refractivity contribution is 5.87. The van der Waals surface area contributed by atoms with Crippen LogP contribution in [0.2, 0.25) is 0 Å². The first-order chi connectivity index (χ1) is 9.64. The Morgan fingerprint density at radius 2 is 1.82 bits per heavy atom. The van der Waals surface area contributed by atoms with E-state index in [-0.39, 0.29) is 29.8 Å². The summed E-state index contributed by atoms with van der Waals surface area (Å²) in [4.78, 5) is 15.0. The van der Waals surface area contributed by atoms with E-state index in [4.69, 9.17) is 5.73 Å². The Morgan fingerprint density at radius 1 is 1.27 bits per heavy atom. The van der Waals surface area contributed by atoms with Crippen molar-refractivity contribution in [2.24, 2.45) is 11.1 Å². The molecule has 124 valence electrons. The van der Waals surface area contributed by atoms with Crippen molar-refractivity contribution >= 4 is 18.3 Å². The molecular formula is C18H29ClN2O. The average molecular weight is 325 g/mol. The van der Waals surface area contributed by atoms with Crippen molar-refractivity contribution in [2.45, 2.75) is 52.5 Å². The molecule has 1 atom stereocenters. The lowest BCUT2D eigenvalue weighted by molar-refractivity contribution is -0.139. The van der Waals surface area contributed by atoms with E-state index in [0.717, 1.165) is 25.1 Å². The first kappa shape index (κ1) is 19.0. The van der Waals surface area contributed by atoms with E-state index in [0.29, 0.717) is 0 Å². The highest BCUT2D eigenvalue weighted by atomic mass is 35.5. The molecule has 3 nitrogen and oxygen atoms in total. The summed E-state index contributed by atoms with van der Waals surface area (Å²) in [6.45, 7) is 11.9. The Labute approximate surface area is 140 Å². The van der Waals surface area contributed by atoms with Crippen molar-refractivity contribution in [3.63, 3.8) is 0 Å². The highest BCUT2D eigenvalue weighted by Crippen LogP contribution is 2.32. The fraction of sp³-hybridized carbons (Fsp3) is 0.611. The van der Waals surface area contributed by atoms with Gasteiger partial charge in [0.05, 0.1) is 5.41 Å². The van der Waals surface area contributed by atoms with E-state index in [1.54, 1.807) is 0 Å². The molecule has 0 radical (unpaired) electrons. The Hall–Kier alpha value is -1.06. The molecule has 1 aliphatic rings. The molecule has 0 saturated carbocycles. The van der Waals surface area contributed by atoms with Crippen LogP contribution >= 0.6 is 12.4 Å². The van der Waals surface area contributed by atoms with Gasteiger partial charge in [-0.05, 0) is 38.2 Å². The maximum atomic E-state index is 13.0. The largest absolute Gasteiger partial charge is 0.341 e. The molecule has 1 amide bonds. The molecular weight excluding hydrogens is 296 g/mol. The first-order valence-corrected chi connectivity index (χ1v) is 7.77. The average Bonchev–Trinajstić information content (AvgIpc) is 2.41. The molecule has 22 heavy (non-hydrogen) atoms. The summed E-state index contributed by atoms with van der Waals surface area (Å²) in [5.74, 6) is 0.200. The van der Waals surface area contributed by atoms with Crippen LogP contribution in [0.15, 0.2) is 24.3 Å². The third-order valence-electron chi connectivity index (χ3n) is 4.91. The molecule has 0 aromatic heterocycles. The van der Waals surface area contributed by atoms with Gasteiger partial charge in [-0.3, -0.25) is 4.79 Å². The van der Waals surface area contributed by atoms with Gasteiger partial charge in [0, 0.05) is 19.1 Å². The Kier molecular flexibility index (Phi) is 5.69. The smallest absolute Gasteiger partial charge is 0.232 e. The predicted octanol–water partition coefficient (Wildman–Crippen LogP) is 3.28. The van der Waals surface area contributed by atoms with Crippen LogP contribution in [0.4, 0.5) is 0 Å². The lowest BCUT2D eigenvalue weighted by Gasteiger charge is -2.45. The van der Waals surface area contributed by atoms with E-state index in [9.17, 15) is 4.79 Å². The second-order valence-electron chi connectivity index (χ2n) is 7.60. The first-order valence-electron chi connectivity index (χ1n) is 7.77. The maximum absolute atomic E-state index is 13.0. The van der Waals surface area contributed by atoms with Gasteiger partial charge >= 0.3 is 0 Å². The van der Waals surface area contributed by atoms with Crippen molar-refractivity contribution in [3.8, 4) is 0 Å². The van der Waals surface area contributed by atoms with Gasteiger partial charge < -0.3 is 10.6 Å². The number of likely N-dealkylation sites (tertiary alicyclic amines) is 1. The number of piperidine rings is 1. The normalized spacial score (nSPS) is 21.2. The number of carbonyl (C=O) groups excluding carboxylic acids is 1. The predicted molar refractivity (Wildman–Crippen MR) is 94.4 cm³/mol. The van der Waals surface area contributed by atoms with Crippen molar-refractivity contribution < 1.29 is 4.79 Å². The van der Waals surface area contributed by atoms with Crippen LogP contribution < -0.4 is 5.73 Å². The number of hydrogen-bond acceptors (Lipinski definition) is 2. The molecule has 0 aliphatic carbocycles. The second kappa shape index (κ2) is 6.59. The Bertz CT molecular complexity index is 522. The molecule has 1 aromatic rings. The minimum atomic E-state index is -0.495. The number of nitrogens with two attached hydrogens (primary N) is 1. The van der Waals surface area contributed by atoms with Crippen molar-refractivity contribution in [1.82, 2.24) is 4.90 Å². The summed E-state index contributed by atoms with van der Waals surface area (Å²) in [6.07, 6.45) is 0.878. The van der Waals surface area contributed by atoms with Gasteiger partial charge in [-0.2, -0.15) is 0 Å². The van der Waals surface area contributed by atoms with Crippen molar-refractivity contribution in [1.29, 1.82) is 0 Å². The molecule has 2 rings (SSSR count). The molecule has 1 heterocycles. The van der Waals surface area contributed by atoms with E-state index < -0.39 is 5.41 Å². The van der Waals surface area contributed by atoms with E-state index >= 15 is 0 Å². The molecule has 0 bridgehead atoms. The minimum Gasteiger partial charge on any atom is -0.341 e. The van der Waals surface area contributed by atoms with Gasteiger partial charge in [0.1, 0.15) is 0 Å². The minimum absolute atomic E-state index is 0. The highest BCUT2D eigenvalue weighted by Gasteiger charge is 2.40. The number of rotatable bonds is 2. The second-order valence-corrected chi connectivity index (χ2v) is 7.60. The SMILES string of the molecule is Cc1ccc(C(C)(C)C(=O)N2CCC(N)C(C)(C)C2)cc1.Cl. The van der Waals surface area contributed by atoms with E-state index in [1.807, 2.05) is 18.7 Å². The number of amides is 1. The lowest BCUT2D eigenvalue weighted by atomic mass is 9.77. The van der Waals surface area contributed by atoms with Gasteiger partial charge in [0.15, 0.2) is 0 Å². The lowest BCUT2D eigenvalue weighted by Crippen LogP contribution is -2.56.